The van der Waals surface area contributed by atoms with Crippen molar-refractivity contribution in [3.63, 3.8) is 0 Å². The van der Waals surface area contributed by atoms with Gasteiger partial charge in [-0.3, -0.25) is 4.79 Å². The van der Waals surface area contributed by atoms with Crippen molar-refractivity contribution in [2.75, 3.05) is 19.6 Å². The highest BCUT2D eigenvalue weighted by Crippen LogP contribution is 2.28. The van der Waals surface area contributed by atoms with Gasteiger partial charge in [0.15, 0.2) is 17.3 Å². The Bertz CT molecular complexity index is 391. The van der Waals surface area contributed by atoms with Crippen molar-refractivity contribution < 1.29 is 14.3 Å². The topological polar surface area (TPSA) is 35.5 Å². The predicted molar refractivity (Wildman–Crippen MR) is 73.1 cm³/mol. The normalized spacial score (nSPS) is 10.2. The standard InChI is InChI=1S/C14H19ClO3/c1-11(16)12-6-7-13(14(10-12)17-2)18-9-5-3-4-8-15/h6-7,10H,3-5,8-9H2,1-2H3. The van der Waals surface area contributed by atoms with Crippen LogP contribution in [-0.4, -0.2) is 25.4 Å². The molecule has 3 nitrogen and oxygen atoms in total. The number of methoxy groups -OCH3 is 1. The minimum absolute atomic E-state index is 0.0157. The van der Waals surface area contributed by atoms with E-state index in [0.717, 1.165) is 19.3 Å². The molecule has 0 spiro atoms. The van der Waals surface area contributed by atoms with E-state index in [1.165, 1.54) is 6.92 Å². The van der Waals surface area contributed by atoms with Crippen molar-refractivity contribution in [2.24, 2.45) is 0 Å². The number of ketones is 1. The first-order valence-corrected chi connectivity index (χ1v) is 6.60. The molecule has 0 saturated heterocycles. The number of hydrogen-bond acceptors (Lipinski definition) is 3. The summed E-state index contributed by atoms with van der Waals surface area (Å²) in [5, 5.41) is 0. The summed E-state index contributed by atoms with van der Waals surface area (Å²) in [6, 6.07) is 5.23. The highest BCUT2D eigenvalue weighted by Gasteiger charge is 2.07. The maximum atomic E-state index is 11.2. The Morgan fingerprint density at radius 1 is 1.22 bits per heavy atom. The molecule has 0 saturated carbocycles. The van der Waals surface area contributed by atoms with Gasteiger partial charge in [-0.25, -0.2) is 0 Å². The lowest BCUT2D eigenvalue weighted by Gasteiger charge is -2.11. The maximum absolute atomic E-state index is 11.2. The number of hydrogen-bond donors (Lipinski definition) is 0. The maximum Gasteiger partial charge on any atom is 0.161 e. The van der Waals surface area contributed by atoms with Crippen LogP contribution in [0.5, 0.6) is 11.5 Å². The van der Waals surface area contributed by atoms with Crippen molar-refractivity contribution >= 4 is 17.4 Å². The summed E-state index contributed by atoms with van der Waals surface area (Å²) in [6.45, 7) is 2.16. The monoisotopic (exact) mass is 270 g/mol. The lowest BCUT2D eigenvalue weighted by Crippen LogP contribution is -2.01. The van der Waals surface area contributed by atoms with E-state index >= 15 is 0 Å². The van der Waals surface area contributed by atoms with Crippen LogP contribution < -0.4 is 9.47 Å². The number of carbonyl (C=O) groups excluding carboxylic acids is 1. The van der Waals surface area contributed by atoms with Gasteiger partial charge in [0.25, 0.3) is 0 Å². The number of halogens is 1. The van der Waals surface area contributed by atoms with E-state index in [4.69, 9.17) is 21.1 Å². The summed E-state index contributed by atoms with van der Waals surface area (Å²) < 4.78 is 10.8. The number of ether oxygens (including phenoxy) is 2. The summed E-state index contributed by atoms with van der Waals surface area (Å²) in [6.07, 6.45) is 3.02. The lowest BCUT2D eigenvalue weighted by molar-refractivity contribution is 0.101. The largest absolute Gasteiger partial charge is 0.493 e. The molecule has 1 aromatic carbocycles. The molecule has 0 bridgehead atoms. The van der Waals surface area contributed by atoms with Crippen LogP contribution in [0.2, 0.25) is 0 Å². The van der Waals surface area contributed by atoms with Crippen LogP contribution in [-0.2, 0) is 0 Å². The van der Waals surface area contributed by atoms with E-state index in [9.17, 15) is 4.79 Å². The fraction of sp³-hybridized carbons (Fsp3) is 0.500. The average molecular weight is 271 g/mol. The van der Waals surface area contributed by atoms with Gasteiger partial charge in [-0.05, 0) is 44.4 Å². The van der Waals surface area contributed by atoms with Crippen molar-refractivity contribution in [1.29, 1.82) is 0 Å². The summed E-state index contributed by atoms with van der Waals surface area (Å²) in [5.41, 5.74) is 0.626. The van der Waals surface area contributed by atoms with E-state index < -0.39 is 0 Å². The Morgan fingerprint density at radius 3 is 2.61 bits per heavy atom. The van der Waals surface area contributed by atoms with Gasteiger partial charge in [-0.15, -0.1) is 11.6 Å². The molecule has 0 fully saturated rings. The van der Waals surface area contributed by atoms with Crippen molar-refractivity contribution in [3.8, 4) is 11.5 Å². The SMILES string of the molecule is COc1cc(C(C)=O)ccc1OCCCCCCl. The molecule has 0 N–H and O–H groups in total. The van der Waals surface area contributed by atoms with Crippen LogP contribution >= 0.6 is 11.6 Å². The zero-order valence-electron chi connectivity index (χ0n) is 10.9. The number of Topliss-reactive ketones (excluding diaryl/α,β-unsaturated/α-hetero) is 1. The number of unbranched alkanes of at least 4 members (excludes halogenated alkanes) is 2. The quantitative estimate of drug-likeness (QED) is 0.411. The number of rotatable bonds is 8. The van der Waals surface area contributed by atoms with Gasteiger partial charge in [0.1, 0.15) is 0 Å². The molecule has 0 unspecified atom stereocenters. The Morgan fingerprint density at radius 2 is 2.00 bits per heavy atom. The number of alkyl halides is 1. The minimum Gasteiger partial charge on any atom is -0.493 e. The molecule has 0 amide bonds. The first kappa shape index (κ1) is 14.8. The zero-order valence-corrected chi connectivity index (χ0v) is 11.6. The van der Waals surface area contributed by atoms with E-state index in [-0.39, 0.29) is 5.78 Å². The molecule has 4 heteroatoms. The molecule has 0 heterocycles. The van der Waals surface area contributed by atoms with Crippen molar-refractivity contribution in [3.05, 3.63) is 23.8 Å². The summed E-state index contributed by atoms with van der Waals surface area (Å²) in [7, 11) is 1.57. The van der Waals surface area contributed by atoms with Gasteiger partial charge in [0.2, 0.25) is 0 Å². The van der Waals surface area contributed by atoms with Crippen LogP contribution in [0.4, 0.5) is 0 Å². The van der Waals surface area contributed by atoms with Gasteiger partial charge in [-0.2, -0.15) is 0 Å². The molecule has 0 aliphatic carbocycles. The van der Waals surface area contributed by atoms with E-state index in [0.29, 0.717) is 29.5 Å². The van der Waals surface area contributed by atoms with E-state index in [1.807, 2.05) is 0 Å². The summed E-state index contributed by atoms with van der Waals surface area (Å²) >= 11 is 5.60. The Kier molecular flexibility index (Phi) is 6.58. The minimum atomic E-state index is 0.0157. The van der Waals surface area contributed by atoms with Crippen LogP contribution in [0.3, 0.4) is 0 Å². The zero-order chi connectivity index (χ0) is 13.4. The Labute approximate surface area is 113 Å². The van der Waals surface area contributed by atoms with Gasteiger partial charge in [0, 0.05) is 11.4 Å². The molecule has 0 aromatic heterocycles. The molecule has 0 aliphatic heterocycles. The first-order chi connectivity index (χ1) is 8.69. The third-order valence-electron chi connectivity index (χ3n) is 2.61. The van der Waals surface area contributed by atoms with Gasteiger partial charge < -0.3 is 9.47 Å². The molecular formula is C14H19ClO3. The molecule has 0 radical (unpaired) electrons. The van der Waals surface area contributed by atoms with Crippen molar-refractivity contribution in [1.82, 2.24) is 0 Å². The highest BCUT2D eigenvalue weighted by atomic mass is 35.5. The number of carbonyl (C=O) groups is 1. The summed E-state index contributed by atoms with van der Waals surface area (Å²) in [4.78, 5) is 11.2. The molecule has 1 rings (SSSR count). The smallest absolute Gasteiger partial charge is 0.161 e. The molecule has 100 valence electrons. The number of benzene rings is 1. The fourth-order valence-corrected chi connectivity index (χ4v) is 1.75. The second-order valence-corrected chi connectivity index (χ2v) is 4.40. The van der Waals surface area contributed by atoms with Gasteiger partial charge >= 0.3 is 0 Å². The molecule has 1 aromatic rings. The van der Waals surface area contributed by atoms with Crippen LogP contribution in [0.1, 0.15) is 36.5 Å². The van der Waals surface area contributed by atoms with E-state index in [2.05, 4.69) is 0 Å². The van der Waals surface area contributed by atoms with E-state index in [1.54, 1.807) is 25.3 Å². The first-order valence-electron chi connectivity index (χ1n) is 6.06. The third-order valence-corrected chi connectivity index (χ3v) is 2.87. The predicted octanol–water partition coefficient (Wildman–Crippen LogP) is 3.69. The van der Waals surface area contributed by atoms with Crippen LogP contribution in [0.25, 0.3) is 0 Å². The highest BCUT2D eigenvalue weighted by molar-refractivity contribution is 6.17. The van der Waals surface area contributed by atoms with Crippen molar-refractivity contribution in [2.45, 2.75) is 26.2 Å². The van der Waals surface area contributed by atoms with Gasteiger partial charge in [0.05, 0.1) is 13.7 Å². The second-order valence-electron chi connectivity index (χ2n) is 4.02. The average Bonchev–Trinajstić information content (AvgIpc) is 2.38. The molecule has 0 atom stereocenters. The van der Waals surface area contributed by atoms with Crippen LogP contribution in [0, 0.1) is 0 Å². The van der Waals surface area contributed by atoms with Gasteiger partial charge in [-0.1, -0.05) is 0 Å². The molecule has 18 heavy (non-hydrogen) atoms. The van der Waals surface area contributed by atoms with Crippen LogP contribution in [0.15, 0.2) is 18.2 Å². The second kappa shape index (κ2) is 7.98. The fourth-order valence-electron chi connectivity index (χ4n) is 1.56. The summed E-state index contributed by atoms with van der Waals surface area (Å²) in [5.74, 6) is 1.98. The third kappa shape index (κ3) is 4.57. The molecular weight excluding hydrogens is 252 g/mol. The molecule has 0 aliphatic rings. The lowest BCUT2D eigenvalue weighted by atomic mass is 10.1. The Hall–Kier alpha value is -1.22. The Balaban J connectivity index is 2.57.